The van der Waals surface area contributed by atoms with E-state index in [1.165, 1.54) is 25.7 Å². The van der Waals surface area contributed by atoms with Gasteiger partial charge in [-0.2, -0.15) is 0 Å². The van der Waals surface area contributed by atoms with Crippen LogP contribution in [0.25, 0.3) is 20.9 Å². The monoisotopic (exact) mass is 988 g/mol. The van der Waals surface area contributed by atoms with Gasteiger partial charge >= 0.3 is 0 Å². The molecule has 362 valence electrons. The molecule has 2 aromatic heterocycles. The van der Waals surface area contributed by atoms with Crippen molar-refractivity contribution in [3.8, 4) is 20.9 Å². The van der Waals surface area contributed by atoms with Crippen molar-refractivity contribution >= 4 is 57.6 Å². The first-order valence-corrected chi connectivity index (χ1v) is 29.0. The number of allylic oxidation sites excluding steroid dienone is 6. The Bertz CT molecular complexity index is 2290. The van der Waals surface area contributed by atoms with Crippen LogP contribution in [0.3, 0.4) is 0 Å². The molecule has 0 amide bonds. The van der Waals surface area contributed by atoms with Crippen LogP contribution in [-0.2, 0) is 12.8 Å². The molecule has 6 rings (SSSR count). The molecule has 2 nitrogen and oxygen atoms in total. The molecule has 0 aliphatic carbocycles. The number of benzene rings is 2. The maximum atomic E-state index is 16.1. The van der Waals surface area contributed by atoms with Crippen LogP contribution >= 0.6 is 46.2 Å². The van der Waals surface area contributed by atoms with E-state index in [0.717, 1.165) is 152 Å². The molecule has 8 heteroatoms. The third kappa shape index (κ3) is 14.2. The van der Waals surface area contributed by atoms with E-state index in [1.807, 2.05) is 24.3 Å². The van der Waals surface area contributed by atoms with Crippen LogP contribution in [-0.4, -0.2) is 22.9 Å². The number of rotatable bonds is 32. The van der Waals surface area contributed by atoms with Crippen LogP contribution in [0.5, 0.6) is 0 Å². The molecule has 0 N–H and O–H groups in total. The number of hydrogen-bond acceptors (Lipinski definition) is 6. The standard InChI is InChI=1S/C60H74F2N2S4/c1-9-17-21-41(13-5)25-27-45-29-31-47(49(61)37-45)51-33-35-53(67-51)57-55-56(60(63-57)66-40-44(16-8)24-20-12-4)58(64-59(55)65-39-43(15-7)23-19-11-3)54-36-34-52(68-54)48-32-30-46(38-50(48)62)28-26-42(14-6)22-18-10-2/h13-16,29-38,41-44H,5-12,17-28,39-40H2,1-4H3. The molecule has 0 saturated heterocycles. The van der Waals surface area contributed by atoms with Crippen molar-refractivity contribution in [1.29, 1.82) is 0 Å². The number of aryl methyl sites for hydroxylation is 2. The summed E-state index contributed by atoms with van der Waals surface area (Å²) >= 11 is 6.73. The number of thiophene rings is 2. The second-order valence-electron chi connectivity index (χ2n) is 18.5. The first kappa shape index (κ1) is 53.5. The van der Waals surface area contributed by atoms with Gasteiger partial charge in [0.2, 0.25) is 0 Å². The second kappa shape index (κ2) is 27.5. The molecule has 2 aromatic carbocycles. The molecule has 0 saturated carbocycles. The third-order valence-corrected chi connectivity index (χ3v) is 18.0. The Morgan fingerprint density at radius 2 is 0.838 bits per heavy atom. The maximum absolute atomic E-state index is 16.1. The summed E-state index contributed by atoms with van der Waals surface area (Å²) in [5.41, 5.74) is 7.12. The summed E-state index contributed by atoms with van der Waals surface area (Å²) in [6.45, 7) is 25.4. The van der Waals surface area contributed by atoms with Crippen molar-refractivity contribution in [1.82, 2.24) is 0 Å². The van der Waals surface area contributed by atoms with Gasteiger partial charge in [-0.15, -0.1) is 72.5 Å². The number of fused-ring (bicyclic) bond motifs is 1. The zero-order valence-electron chi connectivity index (χ0n) is 41.2. The molecule has 0 radical (unpaired) electrons. The lowest BCUT2D eigenvalue weighted by Crippen LogP contribution is -2.06. The fourth-order valence-corrected chi connectivity index (χ4v) is 13.3. The first-order chi connectivity index (χ1) is 33.2. The zero-order chi connectivity index (χ0) is 48.4. The van der Waals surface area contributed by atoms with Crippen LogP contribution in [0.1, 0.15) is 138 Å². The Morgan fingerprint density at radius 3 is 1.18 bits per heavy atom. The van der Waals surface area contributed by atoms with Gasteiger partial charge in [0.25, 0.3) is 0 Å². The van der Waals surface area contributed by atoms with Gasteiger partial charge in [-0.05, 0) is 123 Å². The molecular formula is C60H74F2N2S4. The van der Waals surface area contributed by atoms with Crippen molar-refractivity contribution in [2.24, 2.45) is 33.7 Å². The average Bonchev–Trinajstić information content (AvgIpc) is 4.18. The zero-order valence-corrected chi connectivity index (χ0v) is 44.5. The van der Waals surface area contributed by atoms with E-state index in [-0.39, 0.29) is 11.6 Å². The molecule has 0 fully saturated rings. The molecule has 68 heavy (non-hydrogen) atoms. The van der Waals surface area contributed by atoms with Gasteiger partial charge in [-0.3, -0.25) is 0 Å². The average molecular weight is 990 g/mol. The van der Waals surface area contributed by atoms with Gasteiger partial charge < -0.3 is 0 Å². The molecule has 2 aliphatic heterocycles. The number of hydrogen-bond donors (Lipinski definition) is 0. The summed E-state index contributed by atoms with van der Waals surface area (Å²) in [5.74, 6) is 2.91. The van der Waals surface area contributed by atoms with Crippen molar-refractivity contribution in [3.05, 3.63) is 165 Å². The van der Waals surface area contributed by atoms with E-state index >= 15 is 8.78 Å². The predicted molar refractivity (Wildman–Crippen MR) is 301 cm³/mol. The topological polar surface area (TPSA) is 24.7 Å². The van der Waals surface area contributed by atoms with Gasteiger partial charge in [0.1, 0.15) is 21.7 Å². The SMILES string of the molecule is C=CC(CCCC)CCc1ccc(-c2ccc(C3=NC(SCC(C=C)CCCC)=C4C(c5ccc(-c6ccc(CCC(C=C)CCCC)cc6F)s5)=NC(SCC(C=C)CCCC)=C34)s2)c(F)c1. The summed E-state index contributed by atoms with van der Waals surface area (Å²) in [7, 11) is 0. The highest BCUT2D eigenvalue weighted by Crippen LogP contribution is 2.49. The molecule has 0 bridgehead atoms. The minimum atomic E-state index is -0.196. The number of halogens is 2. The summed E-state index contributed by atoms with van der Waals surface area (Å²) in [6.07, 6.45) is 25.6. The van der Waals surface area contributed by atoms with Crippen LogP contribution in [0.2, 0.25) is 0 Å². The Hall–Kier alpha value is -3.82. The van der Waals surface area contributed by atoms with Crippen LogP contribution < -0.4 is 0 Å². The molecule has 2 aliphatic rings. The number of unbranched alkanes of at least 4 members (excludes halogenated alkanes) is 4. The maximum Gasteiger partial charge on any atom is 0.132 e. The van der Waals surface area contributed by atoms with E-state index in [4.69, 9.17) is 9.98 Å². The lowest BCUT2D eigenvalue weighted by molar-refractivity contribution is 0.518. The Balaban J connectivity index is 1.34. The molecule has 4 aromatic rings. The molecular weight excluding hydrogens is 915 g/mol. The fourth-order valence-electron chi connectivity index (χ4n) is 8.93. The van der Waals surface area contributed by atoms with Gasteiger partial charge in [0.15, 0.2) is 0 Å². The normalized spacial score (nSPS) is 15.3. The lowest BCUT2D eigenvalue weighted by Gasteiger charge is -2.12. The quantitative estimate of drug-likeness (QED) is 0.0456. The Morgan fingerprint density at radius 1 is 0.485 bits per heavy atom. The number of nitrogens with zero attached hydrogens (tertiary/aromatic N) is 2. The minimum Gasteiger partial charge on any atom is -0.239 e. The van der Waals surface area contributed by atoms with E-state index < -0.39 is 0 Å². The summed E-state index contributed by atoms with van der Waals surface area (Å²) in [5, 5.41) is 1.90. The van der Waals surface area contributed by atoms with Crippen LogP contribution in [0.4, 0.5) is 8.78 Å². The van der Waals surface area contributed by atoms with Crippen LogP contribution in [0, 0.1) is 35.3 Å². The minimum absolute atomic E-state index is 0.196. The van der Waals surface area contributed by atoms with Gasteiger partial charge in [0.05, 0.1) is 21.2 Å². The summed E-state index contributed by atoms with van der Waals surface area (Å²) < 4.78 is 32.1. The molecule has 4 heterocycles. The van der Waals surface area contributed by atoms with Gasteiger partial charge in [0, 0.05) is 43.5 Å². The van der Waals surface area contributed by atoms with Gasteiger partial charge in [-0.1, -0.05) is 128 Å². The molecule has 4 unspecified atom stereocenters. The van der Waals surface area contributed by atoms with E-state index in [9.17, 15) is 0 Å². The van der Waals surface area contributed by atoms with E-state index in [2.05, 4.69) is 103 Å². The van der Waals surface area contributed by atoms with E-state index in [0.29, 0.717) is 34.8 Å². The molecule has 4 atom stereocenters. The summed E-state index contributed by atoms with van der Waals surface area (Å²) in [6, 6.07) is 19.8. The van der Waals surface area contributed by atoms with Crippen molar-refractivity contribution < 1.29 is 8.78 Å². The highest BCUT2D eigenvalue weighted by Gasteiger charge is 2.38. The lowest BCUT2D eigenvalue weighted by atomic mass is 9.94. The predicted octanol–water partition coefficient (Wildman–Crippen LogP) is 19.5. The van der Waals surface area contributed by atoms with Crippen LogP contribution in [0.15, 0.2) is 142 Å². The third-order valence-electron chi connectivity index (χ3n) is 13.4. The Labute approximate surface area is 425 Å². The second-order valence-corrected chi connectivity index (χ2v) is 22.7. The van der Waals surface area contributed by atoms with E-state index in [1.54, 1.807) is 58.3 Å². The smallest absolute Gasteiger partial charge is 0.132 e. The largest absolute Gasteiger partial charge is 0.239 e. The van der Waals surface area contributed by atoms with Crippen molar-refractivity contribution in [3.63, 3.8) is 0 Å². The Kier molecular flexibility index (Phi) is 21.7. The highest BCUT2D eigenvalue weighted by molar-refractivity contribution is 8.03. The first-order valence-electron chi connectivity index (χ1n) is 25.4. The number of thioether (sulfide) groups is 2. The summed E-state index contributed by atoms with van der Waals surface area (Å²) in [4.78, 5) is 14.7. The van der Waals surface area contributed by atoms with Crippen molar-refractivity contribution in [2.45, 2.75) is 130 Å². The molecule has 0 spiro atoms. The highest BCUT2D eigenvalue weighted by atomic mass is 32.2. The fraction of sp³-hybridized carbons (Fsp3) is 0.433. The van der Waals surface area contributed by atoms with Crippen molar-refractivity contribution in [2.75, 3.05) is 11.5 Å². The van der Waals surface area contributed by atoms with Gasteiger partial charge in [-0.25, -0.2) is 18.8 Å². The number of aliphatic imine (C=N–C) groups is 2.